The predicted molar refractivity (Wildman–Crippen MR) is 143 cm³/mol. The smallest absolute Gasteiger partial charge is 0.417 e. The van der Waals surface area contributed by atoms with Crippen LogP contribution in [0.15, 0.2) is 94.6 Å². The Labute approximate surface area is 226 Å². The second-order valence-electron chi connectivity index (χ2n) is 8.07. The number of hydrogen-bond donors (Lipinski definition) is 1. The summed E-state index contributed by atoms with van der Waals surface area (Å²) < 4.78 is 55.7. The molecule has 1 amide bonds. The highest BCUT2D eigenvalue weighted by molar-refractivity contribution is 9.10. The van der Waals surface area contributed by atoms with Crippen LogP contribution in [0.3, 0.4) is 0 Å². The molecule has 0 bridgehead atoms. The Kier molecular flexibility index (Phi) is 7.21. The first-order valence-corrected chi connectivity index (χ1v) is 13.1. The fourth-order valence-electron chi connectivity index (χ4n) is 3.61. The van der Waals surface area contributed by atoms with Crippen LogP contribution in [0.25, 0.3) is 11.0 Å². The van der Waals surface area contributed by atoms with Crippen LogP contribution < -0.4 is 14.8 Å². The average Bonchev–Trinajstić information content (AvgIpc) is 3.24. The predicted octanol–water partition coefficient (Wildman–Crippen LogP) is 7.36. The van der Waals surface area contributed by atoms with Crippen molar-refractivity contribution >= 4 is 49.7 Å². The van der Waals surface area contributed by atoms with E-state index in [1.807, 2.05) is 19.1 Å². The van der Waals surface area contributed by atoms with Crippen LogP contribution in [0.4, 0.5) is 19.3 Å². The van der Waals surface area contributed by atoms with E-state index in [-0.39, 0.29) is 22.8 Å². The lowest BCUT2D eigenvalue weighted by Crippen LogP contribution is -2.17. The highest BCUT2D eigenvalue weighted by Gasteiger charge is 2.21. The monoisotopic (exact) mass is 597 g/mol. The summed E-state index contributed by atoms with van der Waals surface area (Å²) >= 11 is 3.41. The first kappa shape index (κ1) is 25.6. The number of fused-ring (bicyclic) bond motifs is 1. The molecule has 192 valence electrons. The molecule has 0 aliphatic heterocycles. The van der Waals surface area contributed by atoms with Gasteiger partial charge in [-0.25, -0.2) is 26.7 Å². The zero-order chi connectivity index (χ0) is 26.8. The highest BCUT2D eigenvalue weighted by Crippen LogP contribution is 2.38. The van der Waals surface area contributed by atoms with Gasteiger partial charge in [0.15, 0.2) is 34.0 Å². The number of rotatable bonds is 6. The van der Waals surface area contributed by atoms with Gasteiger partial charge in [0.25, 0.3) is 0 Å². The zero-order valence-corrected chi connectivity index (χ0v) is 22.1. The van der Waals surface area contributed by atoms with Crippen molar-refractivity contribution in [2.75, 3.05) is 5.32 Å². The number of halogens is 3. The van der Waals surface area contributed by atoms with Gasteiger partial charge in [-0.1, -0.05) is 35.9 Å². The Morgan fingerprint density at radius 1 is 1.03 bits per heavy atom. The average molecular weight is 598 g/mol. The molecular weight excluding hydrogens is 580 g/mol. The standard InChI is InChI=1S/C27H18BrF2N3O4S/c1-16-7-9-19(10-8-16)38(35)33-15-20(28)24-23(11-12-31-26(24)33)37-25-21(29)13-17(14-22(25)30)32-27(34)36-18-5-3-2-4-6-18/h2-15H,1H3,(H,32,34). The fraction of sp³-hybridized carbons (Fsp3) is 0.0370. The Morgan fingerprint density at radius 2 is 1.71 bits per heavy atom. The topological polar surface area (TPSA) is 82.5 Å². The molecule has 1 unspecified atom stereocenters. The van der Waals surface area contributed by atoms with E-state index in [9.17, 15) is 17.8 Å². The number of anilines is 1. The van der Waals surface area contributed by atoms with Gasteiger partial charge < -0.3 is 9.47 Å². The van der Waals surface area contributed by atoms with Crippen molar-refractivity contribution in [3.63, 3.8) is 0 Å². The summed E-state index contributed by atoms with van der Waals surface area (Å²) in [4.78, 5) is 17.0. The quantitative estimate of drug-likeness (QED) is 0.221. The van der Waals surface area contributed by atoms with E-state index >= 15 is 0 Å². The third-order valence-corrected chi connectivity index (χ3v) is 7.29. The van der Waals surface area contributed by atoms with E-state index < -0.39 is 34.5 Å². The van der Waals surface area contributed by atoms with Crippen LogP contribution in [-0.4, -0.2) is 19.3 Å². The number of nitrogens with one attached hydrogen (secondary N) is 1. The van der Waals surface area contributed by atoms with Gasteiger partial charge in [-0.2, -0.15) is 0 Å². The van der Waals surface area contributed by atoms with Crippen molar-refractivity contribution in [3.05, 3.63) is 107 Å². The summed E-state index contributed by atoms with van der Waals surface area (Å²) in [7, 11) is -1.63. The molecule has 38 heavy (non-hydrogen) atoms. The van der Waals surface area contributed by atoms with Gasteiger partial charge >= 0.3 is 6.09 Å². The molecule has 0 aliphatic carbocycles. The summed E-state index contributed by atoms with van der Waals surface area (Å²) in [5.41, 5.74) is 1.15. The molecule has 2 aromatic heterocycles. The second-order valence-corrected chi connectivity index (χ2v) is 10.3. The number of aryl methyl sites for hydroxylation is 1. The lowest BCUT2D eigenvalue weighted by molar-refractivity contribution is 0.215. The van der Waals surface area contributed by atoms with Crippen LogP contribution in [-0.2, 0) is 11.0 Å². The molecule has 0 radical (unpaired) electrons. The normalized spacial score (nSPS) is 11.8. The van der Waals surface area contributed by atoms with E-state index in [2.05, 4.69) is 26.2 Å². The van der Waals surface area contributed by atoms with Crippen molar-refractivity contribution in [2.24, 2.45) is 0 Å². The van der Waals surface area contributed by atoms with Crippen LogP contribution in [0.1, 0.15) is 5.56 Å². The maximum absolute atomic E-state index is 14.9. The van der Waals surface area contributed by atoms with Gasteiger partial charge in [-0.15, -0.1) is 0 Å². The number of nitrogens with zero attached hydrogens (tertiary/aromatic N) is 2. The zero-order valence-electron chi connectivity index (χ0n) is 19.7. The van der Waals surface area contributed by atoms with Crippen LogP contribution in [0.5, 0.6) is 17.2 Å². The molecule has 2 heterocycles. The molecule has 11 heteroatoms. The molecule has 1 N–H and O–H groups in total. The summed E-state index contributed by atoms with van der Waals surface area (Å²) in [6, 6.07) is 18.7. The molecule has 5 rings (SSSR count). The van der Waals surface area contributed by atoms with Crippen LogP contribution >= 0.6 is 15.9 Å². The van der Waals surface area contributed by atoms with E-state index in [1.54, 1.807) is 48.7 Å². The molecular formula is C27H18BrF2N3O4S. The number of benzene rings is 3. The van der Waals surface area contributed by atoms with Gasteiger partial charge in [0.05, 0.1) is 16.0 Å². The Bertz CT molecular complexity index is 1650. The lowest BCUT2D eigenvalue weighted by Gasteiger charge is -2.12. The third-order valence-electron chi connectivity index (χ3n) is 5.38. The molecule has 0 aliphatic rings. The molecule has 0 fully saturated rings. The number of aromatic nitrogens is 2. The number of pyridine rings is 1. The minimum atomic E-state index is -1.63. The summed E-state index contributed by atoms with van der Waals surface area (Å²) in [5, 5.41) is 2.66. The molecule has 5 aromatic rings. The number of carbonyl (C=O) groups is 1. The van der Waals surface area contributed by atoms with Gasteiger partial charge in [0.2, 0.25) is 0 Å². The largest absolute Gasteiger partial charge is 0.450 e. The van der Waals surface area contributed by atoms with Gasteiger partial charge in [0, 0.05) is 29.0 Å². The second kappa shape index (κ2) is 10.7. The van der Waals surface area contributed by atoms with Crippen molar-refractivity contribution in [1.29, 1.82) is 0 Å². The number of para-hydroxylation sites is 1. The summed E-state index contributed by atoms with van der Waals surface area (Å²) in [6.45, 7) is 1.93. The minimum Gasteiger partial charge on any atom is -0.450 e. The SMILES string of the molecule is Cc1ccc(S(=O)n2cc(Br)c3c(Oc4c(F)cc(NC(=O)Oc5ccccc5)cc4F)ccnc32)cc1. The maximum Gasteiger partial charge on any atom is 0.417 e. The number of carbonyl (C=O) groups excluding carboxylic acids is 1. The third kappa shape index (κ3) is 5.29. The van der Waals surface area contributed by atoms with E-state index in [4.69, 9.17) is 9.47 Å². The van der Waals surface area contributed by atoms with Gasteiger partial charge in [0.1, 0.15) is 11.5 Å². The fourth-order valence-corrected chi connectivity index (χ4v) is 5.42. The lowest BCUT2D eigenvalue weighted by atomic mass is 10.2. The Hall–Kier alpha value is -4.09. The van der Waals surface area contributed by atoms with Crippen LogP contribution in [0, 0.1) is 18.6 Å². The summed E-state index contributed by atoms with van der Waals surface area (Å²) in [6.07, 6.45) is 2.04. The Morgan fingerprint density at radius 3 is 2.39 bits per heavy atom. The number of ether oxygens (including phenoxy) is 2. The molecule has 3 aromatic carbocycles. The molecule has 0 saturated carbocycles. The molecule has 0 saturated heterocycles. The maximum atomic E-state index is 14.9. The van der Waals surface area contributed by atoms with Crippen molar-refractivity contribution in [1.82, 2.24) is 8.96 Å². The number of hydrogen-bond acceptors (Lipinski definition) is 5. The first-order valence-electron chi connectivity index (χ1n) is 11.2. The Balaban J connectivity index is 1.41. The van der Waals surface area contributed by atoms with Crippen molar-refractivity contribution in [2.45, 2.75) is 11.8 Å². The highest BCUT2D eigenvalue weighted by atomic mass is 79.9. The van der Waals surface area contributed by atoms with E-state index in [0.29, 0.717) is 14.8 Å². The molecule has 0 spiro atoms. The van der Waals surface area contributed by atoms with Crippen molar-refractivity contribution < 1.29 is 27.3 Å². The minimum absolute atomic E-state index is 0.0866. The number of amides is 1. The van der Waals surface area contributed by atoms with E-state index in [0.717, 1.165) is 17.7 Å². The molecule has 1 atom stereocenters. The van der Waals surface area contributed by atoms with Gasteiger partial charge in [-0.3, -0.25) is 5.32 Å². The van der Waals surface area contributed by atoms with Gasteiger partial charge in [-0.05, 0) is 53.2 Å². The summed E-state index contributed by atoms with van der Waals surface area (Å²) in [5.74, 6) is -2.43. The van der Waals surface area contributed by atoms with Crippen LogP contribution in [0.2, 0.25) is 0 Å². The first-order chi connectivity index (χ1) is 18.3. The molecule has 7 nitrogen and oxygen atoms in total. The van der Waals surface area contributed by atoms with E-state index in [1.165, 1.54) is 16.2 Å². The van der Waals surface area contributed by atoms with Crippen molar-refractivity contribution in [3.8, 4) is 17.2 Å².